The third-order valence-corrected chi connectivity index (χ3v) is 5.14. The van der Waals surface area contributed by atoms with E-state index >= 15 is 0 Å². The normalized spacial score (nSPS) is 31.3. The molecule has 1 N–H and O–H groups in total. The number of amides is 1. The molecule has 0 aromatic heterocycles. The Kier molecular flexibility index (Phi) is 2.87. The largest absolute Gasteiger partial charge is 0.350 e. The number of halogens is 1. The van der Waals surface area contributed by atoms with E-state index in [0.717, 1.165) is 24.6 Å². The molecular formula is C12H20BrNO. The van der Waals surface area contributed by atoms with Gasteiger partial charge in [-0.1, -0.05) is 36.2 Å². The SMILES string of the molecule is CC1(C)CCCC1C(=O)NC1(CBr)CC1. The predicted octanol–water partition coefficient (Wildman–Crippen LogP) is 2.86. The number of hydrogen-bond donors (Lipinski definition) is 1. The van der Waals surface area contributed by atoms with Crippen molar-refractivity contribution in [3.05, 3.63) is 0 Å². The third-order valence-electron chi connectivity index (χ3n) is 4.07. The van der Waals surface area contributed by atoms with Crippen LogP contribution in [0, 0.1) is 11.3 Å². The molecule has 2 aliphatic carbocycles. The van der Waals surface area contributed by atoms with Crippen molar-refractivity contribution in [3.63, 3.8) is 0 Å². The van der Waals surface area contributed by atoms with Crippen molar-refractivity contribution in [1.82, 2.24) is 5.32 Å². The molecule has 0 aromatic rings. The minimum absolute atomic E-state index is 0.107. The van der Waals surface area contributed by atoms with E-state index in [0.29, 0.717) is 0 Å². The zero-order chi connectivity index (χ0) is 11.1. The maximum absolute atomic E-state index is 12.1. The summed E-state index contributed by atoms with van der Waals surface area (Å²) in [7, 11) is 0. The molecule has 0 saturated heterocycles. The summed E-state index contributed by atoms with van der Waals surface area (Å²) in [5.74, 6) is 0.517. The Balaban J connectivity index is 1.96. The molecule has 0 radical (unpaired) electrons. The van der Waals surface area contributed by atoms with E-state index in [1.54, 1.807) is 0 Å². The maximum atomic E-state index is 12.1. The number of rotatable bonds is 3. The summed E-state index contributed by atoms with van der Waals surface area (Å²) >= 11 is 3.48. The standard InChI is InChI=1S/C12H20BrNO/c1-11(2)5-3-4-9(11)10(15)14-12(8-13)6-7-12/h9H,3-8H2,1-2H3,(H,14,15). The van der Waals surface area contributed by atoms with Gasteiger partial charge in [0.05, 0.1) is 0 Å². The van der Waals surface area contributed by atoms with Crippen LogP contribution in [0.15, 0.2) is 0 Å². The van der Waals surface area contributed by atoms with Crippen molar-refractivity contribution in [3.8, 4) is 0 Å². The van der Waals surface area contributed by atoms with Gasteiger partial charge in [-0.15, -0.1) is 0 Å². The van der Waals surface area contributed by atoms with Gasteiger partial charge >= 0.3 is 0 Å². The lowest BCUT2D eigenvalue weighted by Crippen LogP contribution is -2.44. The Morgan fingerprint density at radius 3 is 2.47 bits per heavy atom. The van der Waals surface area contributed by atoms with Crippen molar-refractivity contribution in [2.75, 3.05) is 5.33 Å². The molecule has 2 rings (SSSR count). The van der Waals surface area contributed by atoms with Crippen LogP contribution < -0.4 is 5.32 Å². The number of nitrogens with one attached hydrogen (secondary N) is 1. The molecule has 1 atom stereocenters. The van der Waals surface area contributed by atoms with E-state index < -0.39 is 0 Å². The third kappa shape index (κ3) is 2.22. The monoisotopic (exact) mass is 273 g/mol. The zero-order valence-electron chi connectivity index (χ0n) is 9.61. The first-order chi connectivity index (χ1) is 6.99. The van der Waals surface area contributed by atoms with Gasteiger partial charge in [0.1, 0.15) is 0 Å². The van der Waals surface area contributed by atoms with Crippen molar-refractivity contribution in [1.29, 1.82) is 0 Å². The van der Waals surface area contributed by atoms with Crippen molar-refractivity contribution in [2.24, 2.45) is 11.3 Å². The van der Waals surface area contributed by atoms with E-state index in [2.05, 4.69) is 35.1 Å². The fraction of sp³-hybridized carbons (Fsp3) is 0.917. The molecule has 2 fully saturated rings. The van der Waals surface area contributed by atoms with Crippen molar-refractivity contribution >= 4 is 21.8 Å². The molecule has 2 aliphatic rings. The Hall–Kier alpha value is -0.0500. The van der Waals surface area contributed by atoms with Gasteiger partial charge in [0.25, 0.3) is 0 Å². The second kappa shape index (κ2) is 3.76. The highest BCUT2D eigenvalue weighted by Gasteiger charge is 2.47. The minimum atomic E-state index is 0.107. The molecule has 2 nitrogen and oxygen atoms in total. The lowest BCUT2D eigenvalue weighted by Gasteiger charge is -2.27. The highest BCUT2D eigenvalue weighted by molar-refractivity contribution is 9.09. The molecular weight excluding hydrogens is 254 g/mol. The van der Waals surface area contributed by atoms with Crippen LogP contribution in [-0.2, 0) is 4.79 Å². The lowest BCUT2D eigenvalue weighted by atomic mass is 9.81. The molecule has 0 heterocycles. The summed E-state index contributed by atoms with van der Waals surface area (Å²) in [5, 5.41) is 4.13. The lowest BCUT2D eigenvalue weighted by molar-refractivity contribution is -0.128. The van der Waals surface area contributed by atoms with Crippen LogP contribution in [-0.4, -0.2) is 16.8 Å². The number of carbonyl (C=O) groups excluding carboxylic acids is 1. The molecule has 0 aromatic carbocycles. The molecule has 0 aliphatic heterocycles. The van der Waals surface area contributed by atoms with E-state index in [9.17, 15) is 4.79 Å². The molecule has 0 spiro atoms. The average molecular weight is 274 g/mol. The molecule has 15 heavy (non-hydrogen) atoms. The number of carbonyl (C=O) groups is 1. The Morgan fingerprint density at radius 2 is 2.07 bits per heavy atom. The summed E-state index contributed by atoms with van der Waals surface area (Å²) in [6, 6.07) is 0. The van der Waals surface area contributed by atoms with Gasteiger partial charge in [-0.3, -0.25) is 4.79 Å². The van der Waals surface area contributed by atoms with Crippen LogP contribution in [0.4, 0.5) is 0 Å². The zero-order valence-corrected chi connectivity index (χ0v) is 11.2. The van der Waals surface area contributed by atoms with Crippen molar-refractivity contribution in [2.45, 2.75) is 51.5 Å². The topological polar surface area (TPSA) is 29.1 Å². The quantitative estimate of drug-likeness (QED) is 0.788. The van der Waals surface area contributed by atoms with E-state index in [1.165, 1.54) is 12.8 Å². The Labute approximate surface area is 100 Å². The first kappa shape index (κ1) is 11.4. The summed E-state index contributed by atoms with van der Waals surface area (Å²) in [6.07, 6.45) is 5.73. The van der Waals surface area contributed by atoms with Crippen LogP contribution in [0.2, 0.25) is 0 Å². The van der Waals surface area contributed by atoms with Gasteiger partial charge in [0.2, 0.25) is 5.91 Å². The Bertz CT molecular complexity index is 271. The average Bonchev–Trinajstić information content (AvgIpc) is 2.84. The van der Waals surface area contributed by atoms with E-state index in [1.807, 2.05) is 0 Å². The maximum Gasteiger partial charge on any atom is 0.224 e. The van der Waals surface area contributed by atoms with Crippen LogP contribution >= 0.6 is 15.9 Å². The summed E-state index contributed by atoms with van der Waals surface area (Å²) in [5.41, 5.74) is 0.308. The highest BCUT2D eigenvalue weighted by atomic mass is 79.9. The van der Waals surface area contributed by atoms with Gasteiger partial charge in [0.15, 0.2) is 0 Å². The Morgan fingerprint density at radius 1 is 1.40 bits per heavy atom. The highest BCUT2D eigenvalue weighted by Crippen LogP contribution is 2.44. The van der Waals surface area contributed by atoms with E-state index in [4.69, 9.17) is 0 Å². The summed E-state index contributed by atoms with van der Waals surface area (Å²) in [6.45, 7) is 4.44. The molecule has 3 heteroatoms. The fourth-order valence-electron chi connectivity index (χ4n) is 2.60. The molecule has 0 bridgehead atoms. The van der Waals surface area contributed by atoms with E-state index in [-0.39, 0.29) is 22.8 Å². The number of alkyl halides is 1. The second-order valence-electron chi connectivity index (χ2n) is 5.84. The van der Waals surface area contributed by atoms with Crippen molar-refractivity contribution < 1.29 is 4.79 Å². The molecule has 1 unspecified atom stereocenters. The van der Waals surface area contributed by atoms with Gasteiger partial charge in [-0.25, -0.2) is 0 Å². The van der Waals surface area contributed by atoms with Gasteiger partial charge in [-0.05, 0) is 31.1 Å². The van der Waals surface area contributed by atoms with Crippen LogP contribution in [0.1, 0.15) is 46.0 Å². The smallest absolute Gasteiger partial charge is 0.224 e. The molecule has 2 saturated carbocycles. The van der Waals surface area contributed by atoms with Crippen LogP contribution in [0.25, 0.3) is 0 Å². The molecule has 86 valence electrons. The summed E-state index contributed by atoms with van der Waals surface area (Å²) in [4.78, 5) is 12.1. The molecule has 1 amide bonds. The van der Waals surface area contributed by atoms with Crippen LogP contribution in [0.5, 0.6) is 0 Å². The minimum Gasteiger partial charge on any atom is -0.350 e. The van der Waals surface area contributed by atoms with Crippen LogP contribution in [0.3, 0.4) is 0 Å². The fourth-order valence-corrected chi connectivity index (χ4v) is 3.31. The second-order valence-corrected chi connectivity index (χ2v) is 6.40. The van der Waals surface area contributed by atoms with Gasteiger partial charge in [-0.2, -0.15) is 0 Å². The number of hydrogen-bond acceptors (Lipinski definition) is 1. The first-order valence-corrected chi connectivity index (χ1v) is 6.99. The van der Waals surface area contributed by atoms with Gasteiger partial charge < -0.3 is 5.32 Å². The van der Waals surface area contributed by atoms with Gasteiger partial charge in [0, 0.05) is 16.8 Å². The summed E-state index contributed by atoms with van der Waals surface area (Å²) < 4.78 is 0. The first-order valence-electron chi connectivity index (χ1n) is 5.87. The predicted molar refractivity (Wildman–Crippen MR) is 65.0 cm³/mol.